The maximum absolute atomic E-state index is 12.5. The third-order valence-electron chi connectivity index (χ3n) is 5.84. The Morgan fingerprint density at radius 1 is 1.16 bits per heavy atom. The zero-order valence-electron chi connectivity index (χ0n) is 15.0. The standard InChI is InChI=1S/C19H29N3O3/c23-18(10-7-14-4-1-2-5-14)22-11-3-6-16(12-22)24-13-17-20-19(21-25-17)15-8-9-15/h14-16H,1-13H2. The Bertz CT molecular complexity index is 578. The molecule has 1 aliphatic heterocycles. The third-order valence-corrected chi connectivity index (χ3v) is 5.84. The highest BCUT2D eigenvalue weighted by Crippen LogP contribution is 2.38. The topological polar surface area (TPSA) is 68.5 Å². The smallest absolute Gasteiger partial charge is 0.252 e. The molecule has 3 fully saturated rings. The van der Waals surface area contributed by atoms with E-state index in [9.17, 15) is 4.79 Å². The lowest BCUT2D eigenvalue weighted by molar-refractivity contribution is -0.136. The van der Waals surface area contributed by atoms with E-state index in [1.165, 1.54) is 38.5 Å². The van der Waals surface area contributed by atoms with E-state index in [2.05, 4.69) is 10.1 Å². The van der Waals surface area contributed by atoms with Crippen LogP contribution in [-0.2, 0) is 16.1 Å². The summed E-state index contributed by atoms with van der Waals surface area (Å²) in [7, 11) is 0. The number of nitrogens with zero attached hydrogens (tertiary/aromatic N) is 3. The van der Waals surface area contributed by atoms with Gasteiger partial charge in [-0.25, -0.2) is 0 Å². The number of hydrogen-bond acceptors (Lipinski definition) is 5. The van der Waals surface area contributed by atoms with Crippen LogP contribution in [0, 0.1) is 5.92 Å². The number of aromatic nitrogens is 2. The molecule has 1 saturated heterocycles. The van der Waals surface area contributed by atoms with Crippen molar-refractivity contribution < 1.29 is 14.1 Å². The van der Waals surface area contributed by atoms with Gasteiger partial charge in [0, 0.05) is 25.4 Å². The SMILES string of the molecule is O=C(CCC1CCCC1)N1CCCC(OCc2nc(C3CC3)no2)C1. The first-order valence-corrected chi connectivity index (χ1v) is 10.00. The van der Waals surface area contributed by atoms with Crippen LogP contribution in [0.3, 0.4) is 0 Å². The molecule has 1 aromatic rings. The molecule has 1 amide bonds. The molecule has 1 aromatic heterocycles. The van der Waals surface area contributed by atoms with Crippen molar-refractivity contribution in [3.8, 4) is 0 Å². The first kappa shape index (κ1) is 17.0. The largest absolute Gasteiger partial charge is 0.367 e. The molecule has 0 aromatic carbocycles. The second-order valence-electron chi connectivity index (χ2n) is 7.92. The van der Waals surface area contributed by atoms with Crippen LogP contribution in [0.25, 0.3) is 0 Å². The van der Waals surface area contributed by atoms with Crippen molar-refractivity contribution in [1.82, 2.24) is 15.0 Å². The second-order valence-corrected chi connectivity index (χ2v) is 7.92. The molecule has 2 saturated carbocycles. The number of carbonyl (C=O) groups is 1. The maximum Gasteiger partial charge on any atom is 0.252 e. The quantitative estimate of drug-likeness (QED) is 0.756. The zero-order valence-corrected chi connectivity index (χ0v) is 15.0. The van der Waals surface area contributed by atoms with Gasteiger partial charge in [0.2, 0.25) is 5.91 Å². The van der Waals surface area contributed by atoms with Gasteiger partial charge < -0.3 is 14.2 Å². The van der Waals surface area contributed by atoms with E-state index < -0.39 is 0 Å². The Labute approximate surface area is 149 Å². The van der Waals surface area contributed by atoms with Crippen LogP contribution >= 0.6 is 0 Å². The molecule has 0 spiro atoms. The monoisotopic (exact) mass is 347 g/mol. The summed E-state index contributed by atoms with van der Waals surface area (Å²) < 4.78 is 11.2. The molecule has 2 aliphatic carbocycles. The Kier molecular flexibility index (Phi) is 5.34. The van der Waals surface area contributed by atoms with Crippen molar-refractivity contribution in [2.75, 3.05) is 13.1 Å². The number of rotatable bonds is 7. The van der Waals surface area contributed by atoms with Gasteiger partial charge in [-0.3, -0.25) is 4.79 Å². The van der Waals surface area contributed by atoms with Gasteiger partial charge in [-0.2, -0.15) is 4.98 Å². The maximum atomic E-state index is 12.5. The van der Waals surface area contributed by atoms with Crippen molar-refractivity contribution >= 4 is 5.91 Å². The van der Waals surface area contributed by atoms with Crippen molar-refractivity contribution in [2.45, 2.75) is 82.8 Å². The molecule has 0 radical (unpaired) electrons. The Morgan fingerprint density at radius 2 is 2.00 bits per heavy atom. The molecule has 1 atom stereocenters. The number of likely N-dealkylation sites (tertiary alicyclic amines) is 1. The van der Waals surface area contributed by atoms with Crippen LogP contribution in [0.2, 0.25) is 0 Å². The molecule has 0 N–H and O–H groups in total. The molecule has 6 heteroatoms. The van der Waals surface area contributed by atoms with Gasteiger partial charge in [0.05, 0.1) is 6.10 Å². The van der Waals surface area contributed by atoms with Gasteiger partial charge in [-0.05, 0) is 38.0 Å². The average molecular weight is 347 g/mol. The van der Waals surface area contributed by atoms with Gasteiger partial charge in [0.15, 0.2) is 5.82 Å². The van der Waals surface area contributed by atoms with Crippen molar-refractivity contribution in [3.05, 3.63) is 11.7 Å². The highest BCUT2D eigenvalue weighted by atomic mass is 16.5. The van der Waals surface area contributed by atoms with Crippen LogP contribution in [0.1, 0.15) is 81.8 Å². The summed E-state index contributed by atoms with van der Waals surface area (Å²) in [6, 6.07) is 0. The van der Waals surface area contributed by atoms with Crippen LogP contribution in [0.4, 0.5) is 0 Å². The summed E-state index contributed by atoms with van der Waals surface area (Å²) in [5, 5.41) is 4.02. The number of piperidine rings is 1. The van der Waals surface area contributed by atoms with Crippen LogP contribution in [0.15, 0.2) is 4.52 Å². The van der Waals surface area contributed by atoms with Gasteiger partial charge in [-0.15, -0.1) is 0 Å². The lowest BCUT2D eigenvalue weighted by atomic mass is 10.0. The number of hydrogen-bond donors (Lipinski definition) is 0. The number of amides is 1. The predicted octanol–water partition coefficient (Wildman–Crippen LogP) is 3.43. The van der Waals surface area contributed by atoms with Gasteiger partial charge in [0.1, 0.15) is 6.61 Å². The van der Waals surface area contributed by atoms with Crippen molar-refractivity contribution in [3.63, 3.8) is 0 Å². The summed E-state index contributed by atoms with van der Waals surface area (Å²) in [5.74, 6) is 2.96. The minimum Gasteiger partial charge on any atom is -0.367 e. The Morgan fingerprint density at radius 3 is 2.80 bits per heavy atom. The molecule has 3 aliphatic rings. The highest BCUT2D eigenvalue weighted by molar-refractivity contribution is 5.76. The molecule has 4 rings (SSSR count). The van der Waals surface area contributed by atoms with E-state index in [0.29, 0.717) is 37.3 Å². The molecular formula is C19H29N3O3. The third kappa shape index (κ3) is 4.60. The van der Waals surface area contributed by atoms with Crippen LogP contribution < -0.4 is 0 Å². The van der Waals surface area contributed by atoms with E-state index in [4.69, 9.17) is 9.26 Å². The van der Waals surface area contributed by atoms with E-state index >= 15 is 0 Å². The summed E-state index contributed by atoms with van der Waals surface area (Å²) in [6.45, 7) is 1.93. The fraction of sp³-hybridized carbons (Fsp3) is 0.842. The van der Waals surface area contributed by atoms with Gasteiger partial charge in [0.25, 0.3) is 5.89 Å². The molecule has 6 nitrogen and oxygen atoms in total. The molecule has 2 heterocycles. The lowest BCUT2D eigenvalue weighted by Gasteiger charge is -2.32. The van der Waals surface area contributed by atoms with Crippen LogP contribution in [0.5, 0.6) is 0 Å². The van der Waals surface area contributed by atoms with Crippen LogP contribution in [-0.4, -0.2) is 40.1 Å². The van der Waals surface area contributed by atoms with Crippen molar-refractivity contribution in [1.29, 1.82) is 0 Å². The summed E-state index contributed by atoms with van der Waals surface area (Å²) in [4.78, 5) is 18.9. The fourth-order valence-electron chi connectivity index (χ4n) is 4.11. The summed E-state index contributed by atoms with van der Waals surface area (Å²) >= 11 is 0. The lowest BCUT2D eigenvalue weighted by Crippen LogP contribution is -2.43. The first-order valence-electron chi connectivity index (χ1n) is 10.00. The first-order chi connectivity index (χ1) is 12.3. The number of carbonyl (C=O) groups excluding carboxylic acids is 1. The fourth-order valence-corrected chi connectivity index (χ4v) is 4.11. The van der Waals surface area contributed by atoms with E-state index in [-0.39, 0.29) is 6.10 Å². The molecule has 1 unspecified atom stereocenters. The van der Waals surface area contributed by atoms with E-state index in [1.807, 2.05) is 4.90 Å². The van der Waals surface area contributed by atoms with E-state index in [1.54, 1.807) is 0 Å². The summed E-state index contributed by atoms with van der Waals surface area (Å²) in [5.41, 5.74) is 0. The second kappa shape index (κ2) is 7.85. The minimum atomic E-state index is 0.0838. The predicted molar refractivity (Wildman–Crippen MR) is 91.9 cm³/mol. The summed E-state index contributed by atoms with van der Waals surface area (Å²) in [6.07, 6.45) is 11.5. The van der Waals surface area contributed by atoms with E-state index in [0.717, 1.165) is 37.5 Å². The van der Waals surface area contributed by atoms with Gasteiger partial charge >= 0.3 is 0 Å². The Balaban J connectivity index is 1.20. The molecule has 138 valence electrons. The van der Waals surface area contributed by atoms with Gasteiger partial charge in [-0.1, -0.05) is 30.8 Å². The number of ether oxygens (including phenoxy) is 1. The Hall–Kier alpha value is -1.43. The average Bonchev–Trinajstić information content (AvgIpc) is 3.16. The molecule has 0 bridgehead atoms. The van der Waals surface area contributed by atoms with Crippen molar-refractivity contribution in [2.24, 2.45) is 5.92 Å². The highest BCUT2D eigenvalue weighted by Gasteiger charge is 2.29. The minimum absolute atomic E-state index is 0.0838. The molecular weight excluding hydrogens is 318 g/mol. The zero-order chi connectivity index (χ0) is 17.1. The molecule has 25 heavy (non-hydrogen) atoms. The normalized spacial score (nSPS) is 24.8.